The van der Waals surface area contributed by atoms with Crippen molar-refractivity contribution in [3.63, 3.8) is 0 Å². The fourth-order valence-electron chi connectivity index (χ4n) is 1.23. The van der Waals surface area contributed by atoms with Gasteiger partial charge in [0, 0.05) is 23.1 Å². The van der Waals surface area contributed by atoms with E-state index in [2.05, 4.69) is 5.92 Å². The molecule has 0 saturated carbocycles. The molecule has 0 radical (unpaired) electrons. The molecule has 1 atom stereocenters. The average molecular weight is 238 g/mol. The molecule has 1 aromatic carbocycles. The molecular weight excluding hydrogens is 224 g/mol. The third kappa shape index (κ3) is 3.01. The second-order valence-corrected chi connectivity index (χ2v) is 4.59. The van der Waals surface area contributed by atoms with Crippen molar-refractivity contribution < 1.29 is 13.7 Å². The summed E-state index contributed by atoms with van der Waals surface area (Å²) in [6.07, 6.45) is 5.63. The average Bonchev–Trinajstić information content (AvgIpc) is 2.34. The minimum atomic E-state index is -1.08. The maximum atomic E-state index is 11.8. The molecule has 0 saturated heterocycles. The second-order valence-electron chi connectivity index (χ2n) is 3.02. The molecule has 1 unspecified atom stereocenters. The highest BCUT2D eigenvalue weighted by Gasteiger charge is 2.08. The molecule has 0 bridgehead atoms. The van der Waals surface area contributed by atoms with Gasteiger partial charge >= 0.3 is 0 Å². The highest BCUT2D eigenvalue weighted by Crippen LogP contribution is 2.28. The van der Waals surface area contributed by atoms with Crippen molar-refractivity contribution in [2.45, 2.75) is 11.3 Å². The Bertz CT molecular complexity index is 421. The SMILES string of the molecule is C#CCCS(=O)c1ccc(OC)c(OC)c1. The van der Waals surface area contributed by atoms with E-state index < -0.39 is 10.8 Å². The van der Waals surface area contributed by atoms with Crippen molar-refractivity contribution in [3.05, 3.63) is 18.2 Å². The molecule has 1 aromatic rings. The third-order valence-corrected chi connectivity index (χ3v) is 3.40. The van der Waals surface area contributed by atoms with E-state index in [9.17, 15) is 4.21 Å². The normalized spacial score (nSPS) is 11.6. The van der Waals surface area contributed by atoms with Crippen LogP contribution < -0.4 is 9.47 Å². The van der Waals surface area contributed by atoms with E-state index in [0.29, 0.717) is 28.6 Å². The summed E-state index contributed by atoms with van der Waals surface area (Å²) < 4.78 is 22.0. The summed E-state index contributed by atoms with van der Waals surface area (Å²) in [4.78, 5) is 0.702. The van der Waals surface area contributed by atoms with E-state index in [-0.39, 0.29) is 0 Å². The highest BCUT2D eigenvalue weighted by atomic mass is 32.2. The first-order valence-electron chi connectivity index (χ1n) is 4.76. The quantitative estimate of drug-likeness (QED) is 0.734. The van der Waals surface area contributed by atoms with Gasteiger partial charge in [0.1, 0.15) is 0 Å². The Balaban J connectivity index is 2.91. The van der Waals surface area contributed by atoms with Crippen LogP contribution in [0.1, 0.15) is 6.42 Å². The van der Waals surface area contributed by atoms with Crippen LogP contribution in [0.4, 0.5) is 0 Å². The molecule has 4 heteroatoms. The number of hydrogen-bond donors (Lipinski definition) is 0. The zero-order chi connectivity index (χ0) is 12.0. The molecule has 0 spiro atoms. The van der Waals surface area contributed by atoms with Crippen LogP contribution in [0.2, 0.25) is 0 Å². The predicted molar refractivity (Wildman–Crippen MR) is 64.3 cm³/mol. The van der Waals surface area contributed by atoms with Gasteiger partial charge in [-0.05, 0) is 12.1 Å². The van der Waals surface area contributed by atoms with Gasteiger partial charge in [-0.25, -0.2) is 0 Å². The Hall–Kier alpha value is -1.47. The zero-order valence-corrected chi connectivity index (χ0v) is 10.2. The van der Waals surface area contributed by atoms with Gasteiger partial charge in [0.2, 0.25) is 0 Å². The Labute approximate surface area is 98.2 Å². The summed E-state index contributed by atoms with van der Waals surface area (Å²) in [5.74, 6) is 4.14. The summed E-state index contributed by atoms with van der Waals surface area (Å²) in [6, 6.07) is 5.21. The standard InChI is InChI=1S/C12H14O3S/c1-4-5-8-16(13)10-6-7-11(14-2)12(9-10)15-3/h1,6-7,9H,5,8H2,2-3H3. The first-order chi connectivity index (χ1) is 7.72. The maximum Gasteiger partial charge on any atom is 0.161 e. The molecule has 0 heterocycles. The van der Waals surface area contributed by atoms with Gasteiger partial charge in [-0.15, -0.1) is 12.3 Å². The Morgan fingerprint density at radius 3 is 2.56 bits per heavy atom. The lowest BCUT2D eigenvalue weighted by atomic mass is 10.3. The van der Waals surface area contributed by atoms with Crippen molar-refractivity contribution in [1.82, 2.24) is 0 Å². The minimum absolute atomic E-state index is 0.464. The number of benzene rings is 1. The van der Waals surface area contributed by atoms with E-state index in [1.54, 1.807) is 32.4 Å². The first-order valence-corrected chi connectivity index (χ1v) is 6.08. The zero-order valence-electron chi connectivity index (χ0n) is 9.36. The lowest BCUT2D eigenvalue weighted by Crippen LogP contribution is -1.99. The van der Waals surface area contributed by atoms with Gasteiger partial charge in [0.05, 0.1) is 25.0 Å². The molecule has 0 aliphatic rings. The van der Waals surface area contributed by atoms with E-state index in [0.717, 1.165) is 0 Å². The fourth-order valence-corrected chi connectivity index (χ4v) is 2.22. The number of ether oxygens (including phenoxy) is 2. The summed E-state index contributed by atoms with van der Waals surface area (Å²) in [7, 11) is 2.03. The van der Waals surface area contributed by atoms with Gasteiger partial charge in [0.25, 0.3) is 0 Å². The van der Waals surface area contributed by atoms with Crippen LogP contribution in [0.5, 0.6) is 11.5 Å². The Morgan fingerprint density at radius 2 is 2.00 bits per heavy atom. The highest BCUT2D eigenvalue weighted by molar-refractivity contribution is 7.85. The van der Waals surface area contributed by atoms with Crippen LogP contribution in [0.3, 0.4) is 0 Å². The van der Waals surface area contributed by atoms with Crippen LogP contribution >= 0.6 is 0 Å². The van der Waals surface area contributed by atoms with Crippen LogP contribution in [0, 0.1) is 12.3 Å². The number of terminal acetylenes is 1. The molecule has 0 amide bonds. The molecule has 1 rings (SSSR count). The van der Waals surface area contributed by atoms with Gasteiger partial charge in [-0.3, -0.25) is 4.21 Å². The van der Waals surface area contributed by atoms with E-state index in [1.165, 1.54) is 0 Å². The molecule has 0 aromatic heterocycles. The Morgan fingerprint density at radius 1 is 1.31 bits per heavy atom. The largest absolute Gasteiger partial charge is 0.493 e. The lowest BCUT2D eigenvalue weighted by molar-refractivity contribution is 0.354. The van der Waals surface area contributed by atoms with Gasteiger partial charge in [0.15, 0.2) is 11.5 Å². The van der Waals surface area contributed by atoms with Gasteiger partial charge < -0.3 is 9.47 Å². The van der Waals surface area contributed by atoms with Crippen molar-refractivity contribution >= 4 is 10.8 Å². The maximum absolute atomic E-state index is 11.8. The summed E-state index contributed by atoms with van der Waals surface area (Å²) in [6.45, 7) is 0. The third-order valence-electron chi connectivity index (χ3n) is 2.05. The van der Waals surface area contributed by atoms with Crippen molar-refractivity contribution in [2.24, 2.45) is 0 Å². The van der Waals surface area contributed by atoms with E-state index in [4.69, 9.17) is 15.9 Å². The Kier molecular flexibility index (Phi) is 4.87. The number of rotatable bonds is 5. The molecule has 16 heavy (non-hydrogen) atoms. The second kappa shape index (κ2) is 6.19. The number of hydrogen-bond acceptors (Lipinski definition) is 3. The van der Waals surface area contributed by atoms with E-state index in [1.807, 2.05) is 0 Å². The minimum Gasteiger partial charge on any atom is -0.493 e. The van der Waals surface area contributed by atoms with Crippen LogP contribution in [-0.4, -0.2) is 24.2 Å². The molecule has 0 N–H and O–H groups in total. The number of methoxy groups -OCH3 is 2. The smallest absolute Gasteiger partial charge is 0.161 e. The summed E-state index contributed by atoms with van der Waals surface area (Å²) in [5.41, 5.74) is 0. The first kappa shape index (κ1) is 12.6. The van der Waals surface area contributed by atoms with Crippen LogP contribution in [-0.2, 0) is 10.8 Å². The van der Waals surface area contributed by atoms with Gasteiger partial charge in [-0.2, -0.15) is 0 Å². The summed E-state index contributed by atoms with van der Waals surface area (Å²) >= 11 is 0. The van der Waals surface area contributed by atoms with Gasteiger partial charge in [-0.1, -0.05) is 0 Å². The topological polar surface area (TPSA) is 35.5 Å². The van der Waals surface area contributed by atoms with Crippen molar-refractivity contribution in [1.29, 1.82) is 0 Å². The predicted octanol–water partition coefficient (Wildman–Crippen LogP) is 1.83. The van der Waals surface area contributed by atoms with Crippen LogP contribution in [0.25, 0.3) is 0 Å². The molecule has 86 valence electrons. The molecule has 0 aliphatic heterocycles. The van der Waals surface area contributed by atoms with Crippen LogP contribution in [0.15, 0.2) is 23.1 Å². The van der Waals surface area contributed by atoms with Crippen molar-refractivity contribution in [2.75, 3.05) is 20.0 Å². The summed E-state index contributed by atoms with van der Waals surface area (Å²) in [5, 5.41) is 0. The molecule has 3 nitrogen and oxygen atoms in total. The van der Waals surface area contributed by atoms with E-state index >= 15 is 0 Å². The lowest BCUT2D eigenvalue weighted by Gasteiger charge is -2.08. The van der Waals surface area contributed by atoms with Crippen molar-refractivity contribution in [3.8, 4) is 23.8 Å². The fraction of sp³-hybridized carbons (Fsp3) is 0.333. The molecular formula is C12H14O3S. The molecule has 0 aliphatic carbocycles. The monoisotopic (exact) mass is 238 g/mol. The molecule has 0 fully saturated rings.